The Labute approximate surface area is 367 Å². The Bertz CT molecular complexity index is 3410. The standard InChI is InChI=1S/C57H44BN5/c1-37-29-39(3)54-47(31-37)48-32-38(2)30-40(4)55(48)63(54)58-51-27-17-18-28-53(51)62-56-49(33-45(35-52(56)58)60(41-19-9-5-10-20-41)42-21-11-6-12-22-42)50-34-46(36-59-57(50)62)61(43-23-13-7-14-24-43)44-25-15-8-16-26-44/h5-36H,1-4H3. The molecule has 0 atom stereocenters. The number of benzene rings is 8. The van der Waals surface area contributed by atoms with Crippen molar-refractivity contribution in [2.75, 3.05) is 9.80 Å². The monoisotopic (exact) mass is 809 g/mol. The van der Waals surface area contributed by atoms with E-state index in [0.717, 1.165) is 56.2 Å². The maximum Gasteiger partial charge on any atom is 0.332 e. The highest BCUT2D eigenvalue weighted by Crippen LogP contribution is 2.44. The minimum atomic E-state index is -0.152. The summed E-state index contributed by atoms with van der Waals surface area (Å²) < 4.78 is 5.11. The summed E-state index contributed by atoms with van der Waals surface area (Å²) in [6.45, 7) is 8.86. The van der Waals surface area contributed by atoms with Crippen molar-refractivity contribution in [1.29, 1.82) is 0 Å². The van der Waals surface area contributed by atoms with Crippen molar-refractivity contribution in [1.82, 2.24) is 14.0 Å². The van der Waals surface area contributed by atoms with E-state index in [9.17, 15) is 0 Å². The fourth-order valence-electron chi connectivity index (χ4n) is 10.6. The van der Waals surface area contributed by atoms with Crippen molar-refractivity contribution >= 4 is 95.6 Å². The van der Waals surface area contributed by atoms with Crippen molar-refractivity contribution in [2.24, 2.45) is 0 Å². The van der Waals surface area contributed by atoms with Crippen molar-refractivity contribution < 1.29 is 0 Å². The molecule has 0 N–H and O–H groups in total. The zero-order valence-corrected chi connectivity index (χ0v) is 35.8. The van der Waals surface area contributed by atoms with E-state index in [-0.39, 0.29) is 6.85 Å². The van der Waals surface area contributed by atoms with Crippen LogP contribution in [0.25, 0.3) is 49.4 Å². The van der Waals surface area contributed by atoms with Gasteiger partial charge in [0.2, 0.25) is 0 Å². The zero-order chi connectivity index (χ0) is 42.3. The number of rotatable bonds is 7. The highest BCUT2D eigenvalue weighted by molar-refractivity contribution is 6.88. The van der Waals surface area contributed by atoms with Crippen LogP contribution in [0.3, 0.4) is 0 Å². The number of anilines is 6. The van der Waals surface area contributed by atoms with Crippen LogP contribution in [-0.2, 0) is 0 Å². The van der Waals surface area contributed by atoms with Gasteiger partial charge in [-0.1, -0.05) is 114 Å². The lowest BCUT2D eigenvalue weighted by Crippen LogP contribution is -2.53. The van der Waals surface area contributed by atoms with Gasteiger partial charge >= 0.3 is 6.85 Å². The first kappa shape index (κ1) is 37.0. The van der Waals surface area contributed by atoms with Crippen LogP contribution in [0.15, 0.2) is 194 Å². The predicted octanol–water partition coefficient (Wildman–Crippen LogP) is 13.4. The molecule has 300 valence electrons. The van der Waals surface area contributed by atoms with Gasteiger partial charge in [0.25, 0.3) is 0 Å². The Hall–Kier alpha value is -7.83. The van der Waals surface area contributed by atoms with Crippen LogP contribution < -0.4 is 20.7 Å². The molecule has 1 aliphatic rings. The Balaban J connectivity index is 1.24. The van der Waals surface area contributed by atoms with Gasteiger partial charge in [0.15, 0.2) is 0 Å². The van der Waals surface area contributed by atoms with Gasteiger partial charge in [0, 0.05) is 66.7 Å². The summed E-state index contributed by atoms with van der Waals surface area (Å²) in [5.41, 5.74) is 19.8. The molecule has 0 saturated carbocycles. The largest absolute Gasteiger partial charge is 0.375 e. The fraction of sp³-hybridized carbons (Fsp3) is 0.0702. The van der Waals surface area contributed by atoms with Crippen LogP contribution in [-0.4, -0.2) is 20.9 Å². The molecule has 0 unspecified atom stereocenters. The maximum absolute atomic E-state index is 5.46. The molecule has 5 nitrogen and oxygen atoms in total. The summed E-state index contributed by atoms with van der Waals surface area (Å²) >= 11 is 0. The highest BCUT2D eigenvalue weighted by Gasteiger charge is 2.38. The molecule has 0 radical (unpaired) electrons. The van der Waals surface area contributed by atoms with Crippen molar-refractivity contribution in [3.63, 3.8) is 0 Å². The average Bonchev–Trinajstić information content (AvgIpc) is 3.81. The van der Waals surface area contributed by atoms with Crippen LogP contribution >= 0.6 is 0 Å². The molecule has 6 heteroatoms. The van der Waals surface area contributed by atoms with Gasteiger partial charge < -0.3 is 14.3 Å². The van der Waals surface area contributed by atoms with E-state index < -0.39 is 0 Å². The number of para-hydroxylation sites is 5. The lowest BCUT2D eigenvalue weighted by atomic mass is 9.48. The Morgan fingerprint density at radius 3 is 1.37 bits per heavy atom. The summed E-state index contributed by atoms with van der Waals surface area (Å²) in [4.78, 5) is 10.2. The van der Waals surface area contributed by atoms with E-state index in [4.69, 9.17) is 4.98 Å². The average molecular weight is 810 g/mol. The van der Waals surface area contributed by atoms with Gasteiger partial charge in [-0.2, -0.15) is 0 Å². The van der Waals surface area contributed by atoms with Crippen LogP contribution in [0.5, 0.6) is 0 Å². The summed E-state index contributed by atoms with van der Waals surface area (Å²) in [5, 5.41) is 4.85. The lowest BCUT2D eigenvalue weighted by molar-refractivity contribution is 1.13. The molecular weight excluding hydrogens is 765 g/mol. The SMILES string of the molecule is Cc1cc(C)c2c(c1)c1cc(C)cc(C)c1n2B1c2ccccc2-n2c3ncc(N(c4ccccc4)c4ccccc4)cc3c3cc(N(c4ccccc4)c4ccccc4)cc1c32. The number of pyridine rings is 1. The first-order chi connectivity index (χ1) is 30.9. The predicted molar refractivity (Wildman–Crippen MR) is 267 cm³/mol. The molecule has 11 aromatic rings. The van der Waals surface area contributed by atoms with Crippen LogP contribution in [0.1, 0.15) is 22.3 Å². The van der Waals surface area contributed by atoms with E-state index in [0.29, 0.717) is 0 Å². The Morgan fingerprint density at radius 1 is 0.397 bits per heavy atom. The molecule has 12 rings (SSSR count). The number of aryl methyl sites for hydroxylation is 4. The quantitative estimate of drug-likeness (QED) is 0.150. The molecule has 0 amide bonds. The second-order valence-corrected chi connectivity index (χ2v) is 17.1. The van der Waals surface area contributed by atoms with Gasteiger partial charge in [0.05, 0.1) is 17.4 Å². The van der Waals surface area contributed by atoms with E-state index >= 15 is 0 Å². The molecule has 1 aliphatic heterocycles. The van der Waals surface area contributed by atoms with Crippen LogP contribution in [0, 0.1) is 27.7 Å². The molecule has 3 aromatic heterocycles. The van der Waals surface area contributed by atoms with Gasteiger partial charge in [-0.15, -0.1) is 0 Å². The molecule has 8 aromatic carbocycles. The highest BCUT2D eigenvalue weighted by atomic mass is 15.2. The third kappa shape index (κ3) is 5.75. The summed E-state index contributed by atoms with van der Waals surface area (Å²) in [6, 6.07) is 68.5. The second-order valence-electron chi connectivity index (χ2n) is 17.1. The maximum atomic E-state index is 5.46. The number of nitrogens with zero attached hydrogens (tertiary/aromatic N) is 5. The Kier molecular flexibility index (Phi) is 8.45. The zero-order valence-electron chi connectivity index (χ0n) is 35.8. The second kappa shape index (κ2) is 14.4. The smallest absolute Gasteiger partial charge is 0.332 e. The van der Waals surface area contributed by atoms with Crippen LogP contribution in [0.2, 0.25) is 0 Å². The molecule has 0 saturated heterocycles. The van der Waals surface area contributed by atoms with E-state index in [1.807, 2.05) is 6.20 Å². The lowest BCUT2D eigenvalue weighted by Gasteiger charge is -2.31. The van der Waals surface area contributed by atoms with Crippen LogP contribution in [0.4, 0.5) is 34.1 Å². The van der Waals surface area contributed by atoms with Crippen molar-refractivity contribution in [3.8, 4) is 5.69 Å². The molecule has 63 heavy (non-hydrogen) atoms. The van der Waals surface area contributed by atoms with Gasteiger partial charge in [-0.3, -0.25) is 4.57 Å². The van der Waals surface area contributed by atoms with Gasteiger partial charge in [0.1, 0.15) is 5.65 Å². The molecule has 0 fully saturated rings. The van der Waals surface area contributed by atoms with Gasteiger partial charge in [-0.25, -0.2) is 4.98 Å². The van der Waals surface area contributed by atoms with Gasteiger partial charge in [-0.05, 0) is 135 Å². The molecule has 0 bridgehead atoms. The topological polar surface area (TPSA) is 29.2 Å². The van der Waals surface area contributed by atoms with E-state index in [1.54, 1.807) is 0 Å². The number of hydrogen-bond acceptors (Lipinski definition) is 3. The Morgan fingerprint density at radius 2 is 0.841 bits per heavy atom. The third-order valence-electron chi connectivity index (χ3n) is 13.0. The summed E-state index contributed by atoms with van der Waals surface area (Å²) in [5.74, 6) is 0. The van der Waals surface area contributed by atoms with Crippen molar-refractivity contribution in [2.45, 2.75) is 27.7 Å². The summed E-state index contributed by atoms with van der Waals surface area (Å²) in [7, 11) is 0. The fourth-order valence-corrected chi connectivity index (χ4v) is 10.6. The summed E-state index contributed by atoms with van der Waals surface area (Å²) in [6.07, 6.45) is 2.05. The first-order valence-corrected chi connectivity index (χ1v) is 21.8. The molecule has 4 heterocycles. The molecular formula is C57H44BN5. The minimum Gasteiger partial charge on any atom is -0.375 e. The first-order valence-electron chi connectivity index (χ1n) is 21.8. The number of hydrogen-bond donors (Lipinski definition) is 0. The molecule has 0 aliphatic carbocycles. The van der Waals surface area contributed by atoms with E-state index in [1.165, 1.54) is 60.5 Å². The third-order valence-corrected chi connectivity index (χ3v) is 13.0. The normalized spacial score (nSPS) is 12.1. The molecule has 0 spiro atoms. The minimum absolute atomic E-state index is 0.152. The van der Waals surface area contributed by atoms with Crippen molar-refractivity contribution in [3.05, 3.63) is 217 Å². The number of aromatic nitrogens is 3. The van der Waals surface area contributed by atoms with E-state index in [2.05, 4.69) is 235 Å². The number of fused-ring (bicyclic) bond motifs is 8.